The van der Waals surface area contributed by atoms with Gasteiger partial charge in [-0.15, -0.1) is 0 Å². The molecule has 4 nitrogen and oxygen atoms in total. The summed E-state index contributed by atoms with van der Waals surface area (Å²) in [5, 5.41) is 2.62. The van der Waals surface area contributed by atoms with Crippen molar-refractivity contribution in [1.82, 2.24) is 4.57 Å². The van der Waals surface area contributed by atoms with E-state index in [0.29, 0.717) is 33.0 Å². The summed E-state index contributed by atoms with van der Waals surface area (Å²) in [7, 11) is 1.67. The molecule has 0 aliphatic rings. The fourth-order valence-corrected chi connectivity index (χ4v) is 3.03. The smallest absolute Gasteiger partial charge is 0.0701 e. The van der Waals surface area contributed by atoms with E-state index in [0.717, 1.165) is 6.54 Å². The minimum Gasteiger partial charge on any atom is -0.382 e. The molecule has 0 N–H and O–H groups in total. The zero-order chi connectivity index (χ0) is 16.8. The molecule has 24 heavy (non-hydrogen) atoms. The van der Waals surface area contributed by atoms with Crippen LogP contribution in [0.1, 0.15) is 5.56 Å². The van der Waals surface area contributed by atoms with Crippen molar-refractivity contribution in [3.63, 3.8) is 0 Å². The van der Waals surface area contributed by atoms with Gasteiger partial charge in [-0.3, -0.25) is 0 Å². The molecule has 0 saturated carbocycles. The van der Waals surface area contributed by atoms with E-state index < -0.39 is 0 Å². The number of hydrogen-bond acceptors (Lipinski definition) is 3. The zero-order valence-corrected chi connectivity index (χ0v) is 14.5. The highest BCUT2D eigenvalue weighted by molar-refractivity contribution is 6.08. The number of fused-ring (bicyclic) bond motifs is 3. The van der Waals surface area contributed by atoms with Crippen LogP contribution in [0.2, 0.25) is 0 Å². The molecular weight excluding hydrogens is 302 g/mol. The van der Waals surface area contributed by atoms with Gasteiger partial charge in [0.1, 0.15) is 0 Å². The van der Waals surface area contributed by atoms with Crippen LogP contribution in [-0.2, 0) is 20.8 Å². The number of ether oxygens (including phenoxy) is 3. The molecule has 0 saturated heterocycles. The molecule has 0 fully saturated rings. The van der Waals surface area contributed by atoms with Gasteiger partial charge in [0.05, 0.1) is 33.0 Å². The first-order valence-corrected chi connectivity index (χ1v) is 8.43. The summed E-state index contributed by atoms with van der Waals surface area (Å²) < 4.78 is 18.4. The third-order valence-electron chi connectivity index (χ3n) is 4.19. The van der Waals surface area contributed by atoms with Crippen LogP contribution in [0.5, 0.6) is 0 Å². The zero-order valence-electron chi connectivity index (χ0n) is 14.5. The normalized spacial score (nSPS) is 11.6. The monoisotopic (exact) mass is 327 g/mol. The first-order chi connectivity index (χ1) is 11.8. The van der Waals surface area contributed by atoms with Crippen LogP contribution in [0.15, 0.2) is 42.5 Å². The highest BCUT2D eigenvalue weighted by Crippen LogP contribution is 2.29. The van der Waals surface area contributed by atoms with Crippen LogP contribution >= 0.6 is 0 Å². The molecule has 4 heteroatoms. The highest BCUT2D eigenvalue weighted by Gasteiger charge is 2.09. The van der Waals surface area contributed by atoms with Crippen molar-refractivity contribution >= 4 is 21.8 Å². The van der Waals surface area contributed by atoms with Gasteiger partial charge in [0, 0.05) is 35.5 Å². The van der Waals surface area contributed by atoms with Crippen molar-refractivity contribution < 1.29 is 14.2 Å². The topological polar surface area (TPSA) is 32.6 Å². The van der Waals surface area contributed by atoms with Crippen molar-refractivity contribution in [3.05, 3.63) is 48.0 Å². The highest BCUT2D eigenvalue weighted by atomic mass is 16.5. The Balaban J connectivity index is 1.65. The Morgan fingerprint density at radius 1 is 0.792 bits per heavy atom. The summed E-state index contributed by atoms with van der Waals surface area (Å²) in [5.41, 5.74) is 3.81. The van der Waals surface area contributed by atoms with Crippen LogP contribution in [0.4, 0.5) is 0 Å². The van der Waals surface area contributed by atoms with Crippen LogP contribution in [0.3, 0.4) is 0 Å². The van der Waals surface area contributed by atoms with Crippen molar-refractivity contribution in [2.75, 3.05) is 40.1 Å². The average molecular weight is 327 g/mol. The first kappa shape index (κ1) is 17.0. The Labute approximate surface area is 142 Å². The maximum Gasteiger partial charge on any atom is 0.0701 e. The minimum atomic E-state index is 0.607. The van der Waals surface area contributed by atoms with E-state index in [1.807, 2.05) is 0 Å². The fourth-order valence-electron chi connectivity index (χ4n) is 3.03. The lowest BCUT2D eigenvalue weighted by molar-refractivity contribution is 0.0234. The van der Waals surface area contributed by atoms with E-state index in [2.05, 4.69) is 54.0 Å². The molecule has 0 aliphatic carbocycles. The first-order valence-electron chi connectivity index (χ1n) is 8.43. The summed E-state index contributed by atoms with van der Waals surface area (Å²) in [4.78, 5) is 0. The summed E-state index contributed by atoms with van der Waals surface area (Å²) in [6.45, 7) is 6.11. The summed E-state index contributed by atoms with van der Waals surface area (Å²) in [6.07, 6.45) is 0. The maximum atomic E-state index is 5.72. The van der Waals surface area contributed by atoms with E-state index >= 15 is 0 Å². The molecule has 128 valence electrons. The standard InChI is InChI=1S/C20H25NO3/c1-16-7-8-20-18(15-16)17-5-3-4-6-19(17)21(20)9-10-23-13-14-24-12-11-22-2/h3-8,15H,9-14H2,1-2H3. The molecule has 0 radical (unpaired) electrons. The van der Waals surface area contributed by atoms with Gasteiger partial charge in [0.25, 0.3) is 0 Å². The second kappa shape index (κ2) is 8.29. The van der Waals surface area contributed by atoms with Crippen LogP contribution in [0.25, 0.3) is 21.8 Å². The van der Waals surface area contributed by atoms with Gasteiger partial charge in [0.15, 0.2) is 0 Å². The Morgan fingerprint density at radius 2 is 1.50 bits per heavy atom. The van der Waals surface area contributed by atoms with Crippen LogP contribution in [0, 0.1) is 6.92 Å². The number of nitrogens with zero attached hydrogens (tertiary/aromatic N) is 1. The minimum absolute atomic E-state index is 0.607. The molecule has 0 amide bonds. The second-order valence-corrected chi connectivity index (χ2v) is 5.91. The molecule has 0 atom stereocenters. The summed E-state index contributed by atoms with van der Waals surface area (Å²) in [6, 6.07) is 15.2. The fraction of sp³-hybridized carbons (Fsp3) is 0.400. The molecule has 0 aliphatic heterocycles. The number of para-hydroxylation sites is 1. The number of aryl methyl sites for hydroxylation is 1. The Morgan fingerprint density at radius 3 is 2.33 bits per heavy atom. The van der Waals surface area contributed by atoms with E-state index in [1.165, 1.54) is 27.4 Å². The van der Waals surface area contributed by atoms with Gasteiger partial charge < -0.3 is 18.8 Å². The largest absolute Gasteiger partial charge is 0.382 e. The number of hydrogen-bond donors (Lipinski definition) is 0. The lowest BCUT2D eigenvalue weighted by atomic mass is 10.1. The molecule has 1 heterocycles. The quantitative estimate of drug-likeness (QED) is 0.561. The van der Waals surface area contributed by atoms with Crippen LogP contribution < -0.4 is 0 Å². The van der Waals surface area contributed by atoms with Crippen molar-refractivity contribution in [2.45, 2.75) is 13.5 Å². The van der Waals surface area contributed by atoms with Crippen molar-refractivity contribution in [3.8, 4) is 0 Å². The molecule has 3 aromatic rings. The predicted octanol–water partition coefficient (Wildman–Crippen LogP) is 3.78. The van der Waals surface area contributed by atoms with E-state index in [-0.39, 0.29) is 0 Å². The van der Waals surface area contributed by atoms with Gasteiger partial charge in [0.2, 0.25) is 0 Å². The lowest BCUT2D eigenvalue weighted by Gasteiger charge is -2.09. The van der Waals surface area contributed by atoms with Gasteiger partial charge in [-0.2, -0.15) is 0 Å². The van der Waals surface area contributed by atoms with Crippen molar-refractivity contribution in [1.29, 1.82) is 0 Å². The number of rotatable bonds is 9. The van der Waals surface area contributed by atoms with E-state index in [1.54, 1.807) is 7.11 Å². The molecule has 2 aromatic carbocycles. The lowest BCUT2D eigenvalue weighted by Crippen LogP contribution is -2.11. The predicted molar refractivity (Wildman–Crippen MR) is 97.7 cm³/mol. The molecule has 0 bridgehead atoms. The molecule has 1 aromatic heterocycles. The van der Waals surface area contributed by atoms with Gasteiger partial charge in [-0.05, 0) is 25.1 Å². The number of aromatic nitrogens is 1. The van der Waals surface area contributed by atoms with Crippen molar-refractivity contribution in [2.24, 2.45) is 0 Å². The van der Waals surface area contributed by atoms with E-state index in [4.69, 9.17) is 14.2 Å². The number of methoxy groups -OCH3 is 1. The maximum absolute atomic E-state index is 5.72. The summed E-state index contributed by atoms with van der Waals surface area (Å²) >= 11 is 0. The molecule has 3 rings (SSSR count). The third kappa shape index (κ3) is 3.78. The van der Waals surface area contributed by atoms with Crippen LogP contribution in [-0.4, -0.2) is 44.7 Å². The van der Waals surface area contributed by atoms with Gasteiger partial charge in [-0.1, -0.05) is 29.8 Å². The molecule has 0 unspecified atom stereocenters. The Kier molecular flexibility index (Phi) is 5.86. The SMILES string of the molecule is COCCOCCOCCn1c2ccccc2c2cc(C)ccc21. The van der Waals surface area contributed by atoms with Gasteiger partial charge in [-0.25, -0.2) is 0 Å². The Hall–Kier alpha value is -1.88. The van der Waals surface area contributed by atoms with E-state index in [9.17, 15) is 0 Å². The van der Waals surface area contributed by atoms with Gasteiger partial charge >= 0.3 is 0 Å². The molecular formula is C20H25NO3. The second-order valence-electron chi connectivity index (χ2n) is 5.91. The Bertz CT molecular complexity index is 794. The number of benzene rings is 2. The third-order valence-corrected chi connectivity index (χ3v) is 4.19. The average Bonchev–Trinajstić information content (AvgIpc) is 2.91. The molecule has 0 spiro atoms. The summed E-state index contributed by atoms with van der Waals surface area (Å²) in [5.74, 6) is 0.